The highest BCUT2D eigenvalue weighted by Crippen LogP contribution is 2.24. The van der Waals surface area contributed by atoms with Gasteiger partial charge in [0.1, 0.15) is 11.9 Å². The summed E-state index contributed by atoms with van der Waals surface area (Å²) >= 11 is 11.2. The van der Waals surface area contributed by atoms with Gasteiger partial charge in [0.05, 0.1) is 15.6 Å². The van der Waals surface area contributed by atoms with Crippen molar-refractivity contribution >= 4 is 35.1 Å². The summed E-state index contributed by atoms with van der Waals surface area (Å²) in [6.07, 6.45) is 0.203. The maximum absolute atomic E-state index is 13.2. The fourth-order valence-electron chi connectivity index (χ4n) is 1.27. The average Bonchev–Trinajstić information content (AvgIpc) is 2.29. The van der Waals surface area contributed by atoms with E-state index in [0.29, 0.717) is 0 Å². The lowest BCUT2D eigenvalue weighted by Crippen LogP contribution is -2.40. The van der Waals surface area contributed by atoms with Crippen molar-refractivity contribution in [2.24, 2.45) is 0 Å². The molecule has 0 radical (unpaired) electrons. The molecule has 0 aliphatic heterocycles. The Hall–Kier alpha value is -1.33. The van der Waals surface area contributed by atoms with Crippen molar-refractivity contribution in [3.05, 3.63) is 33.6 Å². The Morgan fingerprint density at radius 3 is 2.50 bits per heavy atom. The fourth-order valence-corrected chi connectivity index (χ4v) is 1.74. The smallest absolute Gasteiger partial charge is 0.326 e. The van der Waals surface area contributed by atoms with Crippen LogP contribution >= 0.6 is 23.2 Å². The summed E-state index contributed by atoms with van der Waals surface area (Å²) in [4.78, 5) is 22.5. The van der Waals surface area contributed by atoms with Gasteiger partial charge in [-0.25, -0.2) is 9.18 Å². The molecule has 0 unspecified atom stereocenters. The van der Waals surface area contributed by atoms with Crippen molar-refractivity contribution in [1.29, 1.82) is 0 Å². The van der Waals surface area contributed by atoms with Gasteiger partial charge in [-0.1, -0.05) is 30.1 Å². The Bertz CT molecular complexity index is 493. The van der Waals surface area contributed by atoms with E-state index in [9.17, 15) is 14.0 Å². The molecule has 0 saturated carbocycles. The maximum atomic E-state index is 13.2. The summed E-state index contributed by atoms with van der Waals surface area (Å²) in [7, 11) is 0. The highest BCUT2D eigenvalue weighted by atomic mass is 35.5. The number of hydrogen-bond acceptors (Lipinski definition) is 2. The first-order valence-corrected chi connectivity index (χ1v) is 5.80. The molecule has 0 fully saturated rings. The van der Waals surface area contributed by atoms with E-state index in [-0.39, 0.29) is 22.0 Å². The topological polar surface area (TPSA) is 66.4 Å². The molecule has 7 heteroatoms. The monoisotopic (exact) mass is 293 g/mol. The molecule has 1 aromatic carbocycles. The predicted molar refractivity (Wildman–Crippen MR) is 65.6 cm³/mol. The second-order valence-electron chi connectivity index (χ2n) is 3.52. The normalized spacial score (nSPS) is 12.0. The van der Waals surface area contributed by atoms with E-state index in [2.05, 4.69) is 5.32 Å². The van der Waals surface area contributed by atoms with Gasteiger partial charge in [-0.15, -0.1) is 0 Å². The lowest BCUT2D eigenvalue weighted by molar-refractivity contribution is -0.139. The highest BCUT2D eigenvalue weighted by Gasteiger charge is 2.21. The van der Waals surface area contributed by atoms with Crippen molar-refractivity contribution in [3.8, 4) is 0 Å². The molecule has 2 N–H and O–H groups in total. The van der Waals surface area contributed by atoms with Crippen LogP contribution in [0.4, 0.5) is 4.39 Å². The van der Waals surface area contributed by atoms with Gasteiger partial charge in [0, 0.05) is 0 Å². The molecule has 0 aliphatic carbocycles. The van der Waals surface area contributed by atoms with Crippen molar-refractivity contribution in [3.63, 3.8) is 0 Å². The van der Waals surface area contributed by atoms with Gasteiger partial charge in [-0.3, -0.25) is 4.79 Å². The molecule has 18 heavy (non-hydrogen) atoms. The van der Waals surface area contributed by atoms with E-state index < -0.39 is 23.7 Å². The Balaban J connectivity index is 2.97. The van der Waals surface area contributed by atoms with Crippen molar-refractivity contribution in [2.45, 2.75) is 19.4 Å². The highest BCUT2D eigenvalue weighted by molar-refractivity contribution is 6.36. The number of nitrogens with one attached hydrogen (secondary N) is 1. The first kappa shape index (κ1) is 14.7. The number of carboxylic acids is 1. The summed E-state index contributed by atoms with van der Waals surface area (Å²) in [6, 6.07) is 0.913. The van der Waals surface area contributed by atoms with E-state index in [4.69, 9.17) is 28.3 Å². The summed E-state index contributed by atoms with van der Waals surface area (Å²) in [5.41, 5.74) is -0.154. The third-order valence-electron chi connectivity index (χ3n) is 2.27. The molecule has 0 bridgehead atoms. The zero-order valence-corrected chi connectivity index (χ0v) is 10.8. The number of carbonyl (C=O) groups excluding carboxylic acids is 1. The van der Waals surface area contributed by atoms with Gasteiger partial charge < -0.3 is 10.4 Å². The van der Waals surface area contributed by atoms with Crippen molar-refractivity contribution < 1.29 is 19.1 Å². The molecule has 0 aromatic heterocycles. The molecule has 0 spiro atoms. The molecule has 1 rings (SSSR count). The Morgan fingerprint density at radius 1 is 1.39 bits per heavy atom. The number of amides is 1. The van der Waals surface area contributed by atoms with Crippen LogP contribution in [0.5, 0.6) is 0 Å². The van der Waals surface area contributed by atoms with E-state index in [1.165, 1.54) is 0 Å². The van der Waals surface area contributed by atoms with Gasteiger partial charge in [0.2, 0.25) is 0 Å². The van der Waals surface area contributed by atoms with Crippen LogP contribution in [0, 0.1) is 5.82 Å². The molecular weight excluding hydrogens is 284 g/mol. The Morgan fingerprint density at radius 2 is 2.00 bits per heavy atom. The van der Waals surface area contributed by atoms with Crippen LogP contribution in [0.25, 0.3) is 0 Å². The maximum Gasteiger partial charge on any atom is 0.326 e. The third kappa shape index (κ3) is 3.34. The number of benzene rings is 1. The quantitative estimate of drug-likeness (QED) is 0.839. The molecule has 1 atom stereocenters. The third-order valence-corrected chi connectivity index (χ3v) is 2.87. The summed E-state index contributed by atoms with van der Waals surface area (Å²) in [5.74, 6) is -2.73. The van der Waals surface area contributed by atoms with Gasteiger partial charge in [0.15, 0.2) is 0 Å². The first-order valence-electron chi connectivity index (χ1n) is 5.05. The number of aliphatic carboxylic acids is 1. The predicted octanol–water partition coefficient (Wildman–Crippen LogP) is 2.73. The van der Waals surface area contributed by atoms with Gasteiger partial charge in [0.25, 0.3) is 5.91 Å². The van der Waals surface area contributed by atoms with Gasteiger partial charge in [-0.2, -0.15) is 0 Å². The molecule has 98 valence electrons. The molecular formula is C11H10Cl2FNO3. The molecule has 0 aliphatic rings. The second-order valence-corrected chi connectivity index (χ2v) is 4.33. The number of hydrogen-bond donors (Lipinski definition) is 2. The minimum absolute atomic E-state index is 0.0425. The second kappa shape index (κ2) is 6.02. The minimum atomic E-state index is -1.17. The number of carbonyl (C=O) groups is 2. The van der Waals surface area contributed by atoms with E-state index in [0.717, 1.165) is 12.1 Å². The van der Waals surface area contributed by atoms with Crippen LogP contribution < -0.4 is 5.32 Å². The standard InChI is InChI=1S/C11H10Cl2FNO3/c1-2-9(11(17)18)15-10(16)5-3-8(14)7(13)4-6(5)12/h3-4,9H,2H2,1H3,(H,15,16)(H,17,18)/t9-/m0/s1. The van der Waals surface area contributed by atoms with Gasteiger partial charge >= 0.3 is 5.97 Å². The van der Waals surface area contributed by atoms with E-state index in [1.54, 1.807) is 6.92 Å². The Kier molecular flexibility index (Phi) is 4.93. The number of rotatable bonds is 4. The molecule has 0 saturated heterocycles. The molecule has 1 aromatic rings. The van der Waals surface area contributed by atoms with Crippen LogP contribution in [0.3, 0.4) is 0 Å². The molecule has 1 amide bonds. The van der Waals surface area contributed by atoms with Gasteiger partial charge in [-0.05, 0) is 18.6 Å². The van der Waals surface area contributed by atoms with Crippen LogP contribution in [0.2, 0.25) is 10.0 Å². The molecule has 0 heterocycles. The van der Waals surface area contributed by atoms with Crippen molar-refractivity contribution in [1.82, 2.24) is 5.32 Å². The fraction of sp³-hybridized carbons (Fsp3) is 0.273. The SMILES string of the molecule is CC[C@H](NC(=O)c1cc(F)c(Cl)cc1Cl)C(=O)O. The van der Waals surface area contributed by atoms with Crippen LogP contribution in [0.15, 0.2) is 12.1 Å². The average molecular weight is 294 g/mol. The zero-order valence-electron chi connectivity index (χ0n) is 9.34. The minimum Gasteiger partial charge on any atom is -0.480 e. The van der Waals surface area contributed by atoms with Crippen LogP contribution in [-0.4, -0.2) is 23.0 Å². The van der Waals surface area contributed by atoms with Crippen LogP contribution in [0.1, 0.15) is 23.7 Å². The summed E-state index contributed by atoms with van der Waals surface area (Å²) < 4.78 is 13.2. The van der Waals surface area contributed by atoms with E-state index in [1.807, 2.05) is 0 Å². The Labute approximate surface area is 113 Å². The summed E-state index contributed by atoms with van der Waals surface area (Å²) in [6.45, 7) is 1.60. The first-order chi connectivity index (χ1) is 8.36. The lowest BCUT2D eigenvalue weighted by atomic mass is 10.1. The van der Waals surface area contributed by atoms with E-state index >= 15 is 0 Å². The number of carboxylic acid groups (broad SMARTS) is 1. The largest absolute Gasteiger partial charge is 0.480 e. The lowest BCUT2D eigenvalue weighted by Gasteiger charge is -2.13. The van der Waals surface area contributed by atoms with Crippen molar-refractivity contribution in [2.75, 3.05) is 0 Å². The van der Waals surface area contributed by atoms with Crippen LogP contribution in [-0.2, 0) is 4.79 Å². The summed E-state index contributed by atoms with van der Waals surface area (Å²) in [5, 5.41) is 10.8. The zero-order chi connectivity index (χ0) is 13.9. The molecule has 4 nitrogen and oxygen atoms in total. The number of halogens is 3.